The largest absolute Gasteiger partial charge is 0.366 e. The molecular formula is C24H34N5OS+. The number of nitrogens with two attached hydrogens (primary N) is 3. The average Bonchev–Trinajstić information content (AvgIpc) is 2.78. The van der Waals surface area contributed by atoms with Gasteiger partial charge in [0.25, 0.3) is 5.84 Å². The fraction of sp³-hybridized carbons (Fsp3) is 0.417. The quantitative estimate of drug-likeness (QED) is 0.218. The van der Waals surface area contributed by atoms with Gasteiger partial charge in [-0.05, 0) is 54.7 Å². The standard InChI is InChI=1S/C24H33N5OS/c1-16(2)12-15-31-19-10-13-29(14-11-19)23(25)21-5-3-4-20(22(21)28-27)17-6-8-18(9-7-17)24(26)30/h3-9,16,19H,10-15,27H2,1-2H3,(H4,25,26,28,30)/p+1. The second-order valence-corrected chi connectivity index (χ2v) is 9.85. The first-order valence-electron chi connectivity index (χ1n) is 10.9. The Morgan fingerprint density at radius 1 is 1.13 bits per heavy atom. The lowest BCUT2D eigenvalue weighted by Gasteiger charge is -2.24. The fourth-order valence-corrected chi connectivity index (χ4v) is 5.36. The second kappa shape index (κ2) is 10.7. The van der Waals surface area contributed by atoms with Crippen LogP contribution in [0.4, 0.5) is 5.69 Å². The van der Waals surface area contributed by atoms with Crippen LogP contribution in [0.15, 0.2) is 42.5 Å². The van der Waals surface area contributed by atoms with E-state index >= 15 is 0 Å². The molecule has 0 spiro atoms. The van der Waals surface area contributed by atoms with Gasteiger partial charge in [-0.3, -0.25) is 20.9 Å². The lowest BCUT2D eigenvalue weighted by Crippen LogP contribution is -2.37. The molecule has 1 aliphatic rings. The average molecular weight is 441 g/mol. The Morgan fingerprint density at radius 3 is 2.39 bits per heavy atom. The number of hydrazine groups is 1. The maximum atomic E-state index is 11.4. The van der Waals surface area contributed by atoms with Crippen molar-refractivity contribution in [2.45, 2.75) is 38.4 Å². The van der Waals surface area contributed by atoms with Gasteiger partial charge in [-0.1, -0.05) is 38.1 Å². The molecule has 0 aromatic heterocycles. The number of rotatable bonds is 8. The minimum Gasteiger partial charge on any atom is -0.366 e. The molecule has 0 atom stereocenters. The van der Waals surface area contributed by atoms with Crippen molar-refractivity contribution in [3.8, 4) is 11.1 Å². The Morgan fingerprint density at radius 2 is 1.81 bits per heavy atom. The molecule has 1 heterocycles. The molecule has 0 unspecified atom stereocenters. The summed E-state index contributed by atoms with van der Waals surface area (Å²) in [5.74, 6) is 8.22. The smallest absolute Gasteiger partial charge is 0.277 e. The highest BCUT2D eigenvalue weighted by atomic mass is 32.2. The van der Waals surface area contributed by atoms with E-state index in [4.69, 9.17) is 17.3 Å². The lowest BCUT2D eigenvalue weighted by molar-refractivity contribution is -0.537. The van der Waals surface area contributed by atoms with Crippen LogP contribution in [0.2, 0.25) is 0 Å². The van der Waals surface area contributed by atoms with Gasteiger partial charge in [0.1, 0.15) is 0 Å². The zero-order valence-corrected chi connectivity index (χ0v) is 19.3. The van der Waals surface area contributed by atoms with Gasteiger partial charge in [0.2, 0.25) is 5.91 Å². The minimum absolute atomic E-state index is 0.444. The fourth-order valence-electron chi connectivity index (χ4n) is 3.88. The molecule has 7 N–H and O–H groups in total. The molecule has 2 aromatic rings. The molecule has 1 amide bonds. The number of hydrogen-bond acceptors (Lipinski definition) is 4. The lowest BCUT2D eigenvalue weighted by atomic mass is 9.98. The topological polar surface area (TPSA) is 110 Å². The molecule has 7 heteroatoms. The Kier molecular flexibility index (Phi) is 7.98. The highest BCUT2D eigenvalue weighted by molar-refractivity contribution is 7.99. The van der Waals surface area contributed by atoms with Crippen LogP contribution < -0.4 is 22.7 Å². The third kappa shape index (κ3) is 5.80. The van der Waals surface area contributed by atoms with Crippen molar-refractivity contribution in [3.63, 3.8) is 0 Å². The summed E-state index contributed by atoms with van der Waals surface area (Å²) < 4.78 is 2.26. The summed E-state index contributed by atoms with van der Waals surface area (Å²) in [6.07, 6.45) is 3.56. The summed E-state index contributed by atoms with van der Waals surface area (Å²) in [4.78, 5) is 11.4. The molecule has 1 fully saturated rings. The molecule has 0 radical (unpaired) electrons. The summed E-state index contributed by atoms with van der Waals surface area (Å²) in [5, 5.41) is 0.713. The van der Waals surface area contributed by atoms with Crippen molar-refractivity contribution in [3.05, 3.63) is 53.6 Å². The van der Waals surface area contributed by atoms with Gasteiger partial charge in [0.05, 0.1) is 24.3 Å². The van der Waals surface area contributed by atoms with E-state index < -0.39 is 5.91 Å². The first kappa shape index (κ1) is 23.2. The summed E-state index contributed by atoms with van der Waals surface area (Å²) in [6, 6.07) is 13.2. The Bertz CT molecular complexity index is 929. The van der Waals surface area contributed by atoms with Crippen LogP contribution in [0, 0.1) is 5.92 Å². The monoisotopic (exact) mass is 440 g/mol. The summed E-state index contributed by atoms with van der Waals surface area (Å²) in [7, 11) is 0. The van der Waals surface area contributed by atoms with E-state index in [1.807, 2.05) is 30.3 Å². The van der Waals surface area contributed by atoms with E-state index in [9.17, 15) is 4.79 Å². The first-order valence-corrected chi connectivity index (χ1v) is 11.9. The molecule has 2 aromatic carbocycles. The van der Waals surface area contributed by atoms with Gasteiger partial charge in [-0.25, -0.2) is 0 Å². The molecule has 0 bridgehead atoms. The van der Waals surface area contributed by atoms with E-state index in [0.29, 0.717) is 10.8 Å². The van der Waals surface area contributed by atoms with E-state index in [1.165, 1.54) is 12.2 Å². The normalized spacial score (nSPS) is 16.4. The number of para-hydroxylation sites is 1. The minimum atomic E-state index is -0.444. The van der Waals surface area contributed by atoms with Gasteiger partial charge in [0, 0.05) is 16.4 Å². The van der Waals surface area contributed by atoms with Crippen molar-refractivity contribution >= 4 is 29.2 Å². The highest BCUT2D eigenvalue weighted by Gasteiger charge is 2.24. The molecule has 0 aliphatic carbocycles. The number of nitrogens with zero attached hydrogens (tertiary/aromatic N) is 1. The van der Waals surface area contributed by atoms with E-state index in [0.717, 1.165) is 60.1 Å². The summed E-state index contributed by atoms with van der Waals surface area (Å²) >= 11 is 2.10. The number of carbonyl (C=O) groups is 1. The molecule has 0 saturated carbocycles. The molecular weight excluding hydrogens is 406 g/mol. The predicted molar refractivity (Wildman–Crippen MR) is 131 cm³/mol. The number of nitrogens with one attached hydrogen (secondary N) is 1. The predicted octanol–water partition coefficient (Wildman–Crippen LogP) is 3.40. The maximum Gasteiger partial charge on any atom is 0.277 e. The Labute approximate surface area is 189 Å². The number of carbonyl (C=O) groups excluding carboxylic acids is 1. The van der Waals surface area contributed by atoms with Crippen molar-refractivity contribution in [2.24, 2.45) is 23.2 Å². The second-order valence-electron chi connectivity index (χ2n) is 8.44. The third-order valence-electron chi connectivity index (χ3n) is 5.80. The van der Waals surface area contributed by atoms with Crippen molar-refractivity contribution in [2.75, 3.05) is 24.3 Å². The third-order valence-corrected chi connectivity index (χ3v) is 7.21. The van der Waals surface area contributed by atoms with Gasteiger partial charge in [-0.15, -0.1) is 0 Å². The molecule has 166 valence electrons. The van der Waals surface area contributed by atoms with Crippen LogP contribution in [-0.4, -0.2) is 40.4 Å². The molecule has 6 nitrogen and oxygen atoms in total. The summed E-state index contributed by atoms with van der Waals surface area (Å²) in [5.41, 5.74) is 18.8. The van der Waals surface area contributed by atoms with Crippen molar-refractivity contribution in [1.82, 2.24) is 0 Å². The Hall–Kier alpha value is -2.51. The number of piperidine rings is 1. The van der Waals surface area contributed by atoms with Crippen LogP contribution in [0.3, 0.4) is 0 Å². The number of primary amides is 1. The van der Waals surface area contributed by atoms with Crippen molar-refractivity contribution in [1.29, 1.82) is 0 Å². The van der Waals surface area contributed by atoms with Gasteiger partial charge in [-0.2, -0.15) is 11.8 Å². The van der Waals surface area contributed by atoms with E-state index in [1.54, 1.807) is 12.1 Å². The number of hydrogen-bond donors (Lipinski definition) is 4. The van der Waals surface area contributed by atoms with Crippen LogP contribution in [-0.2, 0) is 0 Å². The highest BCUT2D eigenvalue weighted by Crippen LogP contribution is 2.31. The number of amides is 1. The van der Waals surface area contributed by atoms with Gasteiger partial charge >= 0.3 is 0 Å². The van der Waals surface area contributed by atoms with Crippen LogP contribution in [0.5, 0.6) is 0 Å². The Balaban J connectivity index is 1.80. The number of amidine groups is 1. The SMILES string of the molecule is CC(C)CCSC1CC[N+](=C(N)c2cccc(-c3ccc(C(N)=O)cc3)c2NN)CC1. The first-order chi connectivity index (χ1) is 14.9. The molecule has 1 saturated heterocycles. The van der Waals surface area contributed by atoms with Crippen LogP contribution in [0.25, 0.3) is 11.1 Å². The van der Waals surface area contributed by atoms with Crippen molar-refractivity contribution < 1.29 is 9.37 Å². The molecule has 3 rings (SSSR count). The van der Waals surface area contributed by atoms with Crippen LogP contribution in [0.1, 0.15) is 49.0 Å². The molecule has 31 heavy (non-hydrogen) atoms. The zero-order valence-electron chi connectivity index (χ0n) is 18.4. The number of benzene rings is 2. The van der Waals surface area contributed by atoms with Gasteiger partial charge in [0.15, 0.2) is 0 Å². The molecule has 1 aliphatic heterocycles. The number of anilines is 1. The number of thioether (sulfide) groups is 1. The van der Waals surface area contributed by atoms with E-state index in [-0.39, 0.29) is 0 Å². The number of nitrogen functional groups attached to an aromatic ring is 1. The maximum absolute atomic E-state index is 11.4. The van der Waals surface area contributed by atoms with Crippen LogP contribution >= 0.6 is 11.8 Å². The van der Waals surface area contributed by atoms with E-state index in [2.05, 4.69) is 35.6 Å². The van der Waals surface area contributed by atoms with Gasteiger partial charge < -0.3 is 11.2 Å². The summed E-state index contributed by atoms with van der Waals surface area (Å²) in [6.45, 7) is 6.46. The zero-order chi connectivity index (χ0) is 22.4.